The van der Waals surface area contributed by atoms with E-state index in [4.69, 9.17) is 10.5 Å². The van der Waals surface area contributed by atoms with Gasteiger partial charge in [-0.05, 0) is 41.0 Å². The number of aliphatic hydroxyl groups is 1. The van der Waals surface area contributed by atoms with Gasteiger partial charge in [-0.25, -0.2) is 4.79 Å². The van der Waals surface area contributed by atoms with Crippen molar-refractivity contribution in [1.82, 2.24) is 4.90 Å². The summed E-state index contributed by atoms with van der Waals surface area (Å²) in [5.74, 6) is 0. The van der Waals surface area contributed by atoms with E-state index in [0.717, 1.165) is 0 Å². The van der Waals surface area contributed by atoms with Gasteiger partial charge in [0.2, 0.25) is 0 Å². The lowest BCUT2D eigenvalue weighted by atomic mass is 10.2. The van der Waals surface area contributed by atoms with Crippen molar-refractivity contribution in [2.45, 2.75) is 58.8 Å². The fourth-order valence-electron chi connectivity index (χ4n) is 1.26. The number of amides is 1. The van der Waals surface area contributed by atoms with E-state index in [1.54, 1.807) is 6.92 Å². The second kappa shape index (κ2) is 6.81. The average Bonchev–Trinajstić information content (AvgIpc) is 2.08. The van der Waals surface area contributed by atoms with Crippen molar-refractivity contribution < 1.29 is 14.6 Å². The van der Waals surface area contributed by atoms with Crippen LogP contribution in [0.25, 0.3) is 0 Å². The Bertz CT molecular complexity index is 234. The van der Waals surface area contributed by atoms with Gasteiger partial charge in [-0.15, -0.1) is 0 Å². The van der Waals surface area contributed by atoms with E-state index in [9.17, 15) is 9.90 Å². The summed E-state index contributed by atoms with van der Waals surface area (Å²) in [7, 11) is 0. The van der Waals surface area contributed by atoms with Gasteiger partial charge in [-0.3, -0.25) is 0 Å². The number of carbonyl (C=O) groups is 1. The number of nitrogens with two attached hydrogens (primary N) is 1. The number of ether oxygens (including phenoxy) is 1. The average molecular weight is 246 g/mol. The van der Waals surface area contributed by atoms with Crippen molar-refractivity contribution in [3.8, 4) is 0 Å². The van der Waals surface area contributed by atoms with Crippen LogP contribution < -0.4 is 5.73 Å². The van der Waals surface area contributed by atoms with Gasteiger partial charge in [0.15, 0.2) is 0 Å². The van der Waals surface area contributed by atoms with Gasteiger partial charge in [0.1, 0.15) is 5.60 Å². The lowest BCUT2D eigenvalue weighted by Crippen LogP contribution is -2.42. The van der Waals surface area contributed by atoms with E-state index >= 15 is 0 Å². The normalized spacial score (nSPS) is 15.2. The highest BCUT2D eigenvalue weighted by Crippen LogP contribution is 2.11. The van der Waals surface area contributed by atoms with Crippen LogP contribution in [0.1, 0.15) is 41.0 Å². The lowest BCUT2D eigenvalue weighted by molar-refractivity contribution is 0.0157. The summed E-state index contributed by atoms with van der Waals surface area (Å²) in [5.41, 5.74) is 5.13. The predicted molar refractivity (Wildman–Crippen MR) is 67.8 cm³/mol. The minimum atomic E-state index is -0.574. The van der Waals surface area contributed by atoms with Gasteiger partial charge in [-0.1, -0.05) is 0 Å². The van der Waals surface area contributed by atoms with Gasteiger partial charge in [-0.2, -0.15) is 0 Å². The minimum Gasteiger partial charge on any atom is -0.444 e. The second-order valence-electron chi connectivity index (χ2n) is 5.54. The maximum absolute atomic E-state index is 11.9. The Labute approximate surface area is 104 Å². The zero-order valence-electron chi connectivity index (χ0n) is 11.6. The van der Waals surface area contributed by atoms with E-state index in [0.29, 0.717) is 13.0 Å². The Kier molecular flexibility index (Phi) is 6.49. The molecule has 17 heavy (non-hydrogen) atoms. The van der Waals surface area contributed by atoms with Gasteiger partial charge in [0.25, 0.3) is 0 Å². The van der Waals surface area contributed by atoms with Crippen molar-refractivity contribution in [2.75, 3.05) is 13.1 Å². The molecule has 0 aromatic heterocycles. The van der Waals surface area contributed by atoms with Gasteiger partial charge < -0.3 is 20.5 Å². The van der Waals surface area contributed by atoms with E-state index in [2.05, 4.69) is 0 Å². The molecule has 0 aliphatic carbocycles. The summed E-state index contributed by atoms with van der Waals surface area (Å²) in [4.78, 5) is 13.4. The summed E-state index contributed by atoms with van der Waals surface area (Å²) >= 11 is 0. The topological polar surface area (TPSA) is 75.8 Å². The molecule has 2 atom stereocenters. The highest BCUT2D eigenvalue weighted by molar-refractivity contribution is 5.68. The highest BCUT2D eigenvalue weighted by Gasteiger charge is 2.22. The second-order valence-corrected chi connectivity index (χ2v) is 5.54. The van der Waals surface area contributed by atoms with Crippen LogP contribution >= 0.6 is 0 Å². The number of hydrogen-bond acceptors (Lipinski definition) is 4. The van der Waals surface area contributed by atoms with Crippen LogP contribution in [0.2, 0.25) is 0 Å². The maximum atomic E-state index is 11.9. The third-order valence-corrected chi connectivity index (χ3v) is 1.99. The number of rotatable bonds is 5. The van der Waals surface area contributed by atoms with Gasteiger partial charge >= 0.3 is 6.09 Å². The molecule has 0 fully saturated rings. The Morgan fingerprint density at radius 2 is 1.94 bits per heavy atom. The summed E-state index contributed by atoms with van der Waals surface area (Å²) in [5, 5.41) is 9.35. The molecule has 102 valence electrons. The smallest absolute Gasteiger partial charge is 0.410 e. The first-order valence-electron chi connectivity index (χ1n) is 6.03. The maximum Gasteiger partial charge on any atom is 0.410 e. The van der Waals surface area contributed by atoms with Gasteiger partial charge in [0, 0.05) is 19.1 Å². The molecule has 0 aromatic rings. The first kappa shape index (κ1) is 16.2. The highest BCUT2D eigenvalue weighted by atomic mass is 16.6. The van der Waals surface area contributed by atoms with Crippen molar-refractivity contribution in [2.24, 2.45) is 5.73 Å². The summed E-state index contributed by atoms with van der Waals surface area (Å²) in [6, 6.07) is 0.0222. The fourth-order valence-corrected chi connectivity index (χ4v) is 1.26. The molecule has 0 rings (SSSR count). The molecule has 3 N–H and O–H groups in total. The molecule has 5 heteroatoms. The molecule has 1 amide bonds. The largest absolute Gasteiger partial charge is 0.444 e. The number of hydrogen-bond donors (Lipinski definition) is 2. The number of nitrogens with zero attached hydrogens (tertiary/aromatic N) is 1. The molecule has 5 nitrogen and oxygen atoms in total. The van der Waals surface area contributed by atoms with E-state index in [-0.39, 0.29) is 12.6 Å². The Morgan fingerprint density at radius 3 is 2.29 bits per heavy atom. The number of carbonyl (C=O) groups excluding carboxylic acids is 1. The van der Waals surface area contributed by atoms with Crippen molar-refractivity contribution in [3.63, 3.8) is 0 Å². The zero-order valence-corrected chi connectivity index (χ0v) is 11.6. The Morgan fingerprint density at radius 1 is 1.41 bits per heavy atom. The molecule has 0 radical (unpaired) electrons. The van der Waals surface area contributed by atoms with Crippen LogP contribution in [0.5, 0.6) is 0 Å². The molecule has 0 aliphatic rings. The Balaban J connectivity index is 4.40. The molecule has 0 spiro atoms. The lowest BCUT2D eigenvalue weighted by Gasteiger charge is -2.28. The monoisotopic (exact) mass is 246 g/mol. The van der Waals surface area contributed by atoms with Gasteiger partial charge in [0.05, 0.1) is 6.10 Å². The zero-order chi connectivity index (χ0) is 13.6. The predicted octanol–water partition coefficient (Wildman–Crippen LogP) is 1.34. The summed E-state index contributed by atoms with van der Waals surface area (Å²) in [6.07, 6.45) is -0.291. The van der Waals surface area contributed by atoms with E-state index < -0.39 is 17.8 Å². The molecule has 0 aromatic carbocycles. The van der Waals surface area contributed by atoms with Crippen LogP contribution in [0.3, 0.4) is 0 Å². The standard InChI is InChI=1S/C12H26N2O3/c1-9(13)6-7-14(8-10(2)15)11(16)17-12(3,4)5/h9-10,15H,6-8,13H2,1-5H3/t9-,10+/m0/s1. The molecular formula is C12H26N2O3. The third kappa shape index (κ3) is 8.94. The van der Waals surface area contributed by atoms with Crippen LogP contribution in [0.15, 0.2) is 0 Å². The summed E-state index contributed by atoms with van der Waals surface area (Å²) < 4.78 is 5.27. The fraction of sp³-hybridized carbons (Fsp3) is 0.917. The molecule has 0 aliphatic heterocycles. The van der Waals surface area contributed by atoms with E-state index in [1.165, 1.54) is 4.90 Å². The molecule has 0 saturated heterocycles. The van der Waals surface area contributed by atoms with Crippen molar-refractivity contribution in [3.05, 3.63) is 0 Å². The quantitative estimate of drug-likeness (QED) is 0.767. The SMILES string of the molecule is C[C@H](N)CCN(C[C@@H](C)O)C(=O)OC(C)(C)C. The minimum absolute atomic E-state index is 0.0222. The first-order valence-corrected chi connectivity index (χ1v) is 6.03. The van der Waals surface area contributed by atoms with Crippen LogP contribution in [-0.2, 0) is 4.74 Å². The molecule has 0 bridgehead atoms. The van der Waals surface area contributed by atoms with Crippen molar-refractivity contribution in [1.29, 1.82) is 0 Å². The summed E-state index contributed by atoms with van der Waals surface area (Å²) in [6.45, 7) is 9.74. The molecular weight excluding hydrogens is 220 g/mol. The third-order valence-electron chi connectivity index (χ3n) is 1.99. The van der Waals surface area contributed by atoms with E-state index in [1.807, 2.05) is 27.7 Å². The first-order chi connectivity index (χ1) is 7.61. The molecule has 0 unspecified atom stereocenters. The molecule has 0 heterocycles. The Hall–Kier alpha value is -0.810. The van der Waals surface area contributed by atoms with Crippen molar-refractivity contribution >= 4 is 6.09 Å². The van der Waals surface area contributed by atoms with Crippen LogP contribution in [-0.4, -0.2) is 46.9 Å². The van der Waals surface area contributed by atoms with Crippen LogP contribution in [0, 0.1) is 0 Å². The van der Waals surface area contributed by atoms with Crippen LogP contribution in [0.4, 0.5) is 4.79 Å². The number of aliphatic hydroxyl groups excluding tert-OH is 1. The molecule has 0 saturated carbocycles.